The number of hydrogen-bond donors (Lipinski definition) is 1. The van der Waals surface area contributed by atoms with Gasteiger partial charge in [0.05, 0.1) is 18.6 Å². The van der Waals surface area contributed by atoms with Gasteiger partial charge < -0.3 is 14.4 Å². The zero-order valence-electron chi connectivity index (χ0n) is 29.2. The van der Waals surface area contributed by atoms with E-state index in [4.69, 9.17) is 21.1 Å². The monoisotopic (exact) mass is 659 g/mol. The van der Waals surface area contributed by atoms with Crippen LogP contribution in [0.25, 0.3) is 21.5 Å². The zero-order chi connectivity index (χ0) is 33.6. The van der Waals surface area contributed by atoms with Crippen LogP contribution >= 0.6 is 11.6 Å². The lowest BCUT2D eigenvalue weighted by Crippen LogP contribution is -3.11. The van der Waals surface area contributed by atoms with Crippen molar-refractivity contribution in [2.45, 2.75) is 57.4 Å². The van der Waals surface area contributed by atoms with Crippen LogP contribution < -0.4 is 9.80 Å². The molecule has 3 aliphatic rings. The number of benzene rings is 4. The molecule has 0 radical (unpaired) electrons. The molecule has 1 aliphatic carbocycles. The molecule has 4 aromatic carbocycles. The van der Waals surface area contributed by atoms with Gasteiger partial charge in [0, 0.05) is 54.2 Å². The molecule has 2 heterocycles. The minimum Gasteiger partial charge on any atom is -0.383 e. The molecule has 0 aromatic heterocycles. The summed E-state index contributed by atoms with van der Waals surface area (Å²) < 4.78 is 11.1. The van der Waals surface area contributed by atoms with E-state index in [1.165, 1.54) is 65.8 Å². The quantitative estimate of drug-likeness (QED) is 0.194. The van der Waals surface area contributed by atoms with E-state index in [1.807, 2.05) is 0 Å². The fourth-order valence-electron chi connectivity index (χ4n) is 8.71. The molecule has 4 aromatic rings. The van der Waals surface area contributed by atoms with Gasteiger partial charge in [-0.25, -0.2) is 0 Å². The second-order valence-electron chi connectivity index (χ2n) is 14.6. The highest BCUT2D eigenvalue weighted by Gasteiger charge is 2.49. The zero-order valence-corrected chi connectivity index (χ0v) is 30.0. The summed E-state index contributed by atoms with van der Waals surface area (Å²) in [5, 5.41) is 6.14. The van der Waals surface area contributed by atoms with Crippen molar-refractivity contribution in [3.05, 3.63) is 130 Å². The van der Waals surface area contributed by atoms with Crippen LogP contribution in [0.3, 0.4) is 0 Å². The Labute approximate surface area is 291 Å². The van der Waals surface area contributed by atoms with Crippen LogP contribution in [-0.4, -0.2) is 46.6 Å². The molecule has 248 valence electrons. The standard InChI is InChI=1S/C43H47ClN2O2/c1-42(2)37(45(25-27-47-5)35-21-17-29-11-7-9-13-33(29)39(35)42)23-19-31-15-16-32(41(31)44)20-24-38-43(3,4)40-34-14-10-8-12-30(34)18-22-36(40)46(38)26-28-48-6/h7-14,17-24,37H,15-16,25-28H2,1-6H3/p+1/b23-19+,32-20+,38-24+. The lowest BCUT2D eigenvalue weighted by Gasteiger charge is -2.27. The number of rotatable bonds is 9. The molecule has 2 atom stereocenters. The van der Waals surface area contributed by atoms with E-state index in [1.54, 1.807) is 14.2 Å². The van der Waals surface area contributed by atoms with Crippen molar-refractivity contribution in [1.82, 2.24) is 0 Å². The first-order valence-electron chi connectivity index (χ1n) is 17.3. The summed E-state index contributed by atoms with van der Waals surface area (Å²) in [7, 11) is 3.57. The first kappa shape index (κ1) is 32.9. The molecular weight excluding hydrogens is 612 g/mol. The highest BCUT2D eigenvalue weighted by atomic mass is 35.5. The topological polar surface area (TPSA) is 26.1 Å². The lowest BCUT2D eigenvalue weighted by molar-refractivity contribution is -0.850. The molecular formula is C43H48ClN2O2+. The van der Waals surface area contributed by atoms with Crippen LogP contribution in [0, 0.1) is 0 Å². The molecule has 1 N–H and O–H groups in total. The van der Waals surface area contributed by atoms with Crippen LogP contribution in [0.15, 0.2) is 119 Å². The summed E-state index contributed by atoms with van der Waals surface area (Å²) >= 11 is 7.20. The minimum atomic E-state index is -0.166. The van der Waals surface area contributed by atoms with Crippen molar-refractivity contribution in [2.75, 3.05) is 45.4 Å². The van der Waals surface area contributed by atoms with Gasteiger partial charge in [0.2, 0.25) is 0 Å². The van der Waals surface area contributed by atoms with Crippen molar-refractivity contribution in [2.24, 2.45) is 0 Å². The molecule has 4 nitrogen and oxygen atoms in total. The van der Waals surface area contributed by atoms with E-state index in [2.05, 4.69) is 130 Å². The van der Waals surface area contributed by atoms with Crippen LogP contribution in [0.1, 0.15) is 51.7 Å². The third kappa shape index (κ3) is 5.44. The van der Waals surface area contributed by atoms with Gasteiger partial charge in [-0.3, -0.25) is 4.90 Å². The van der Waals surface area contributed by atoms with Crippen molar-refractivity contribution < 1.29 is 14.4 Å². The van der Waals surface area contributed by atoms with E-state index in [9.17, 15) is 0 Å². The Balaban J connectivity index is 1.22. The van der Waals surface area contributed by atoms with E-state index in [-0.39, 0.29) is 16.9 Å². The Morgan fingerprint density at radius 2 is 1.48 bits per heavy atom. The molecule has 5 heteroatoms. The third-order valence-electron chi connectivity index (χ3n) is 11.1. The first-order chi connectivity index (χ1) is 23.2. The van der Waals surface area contributed by atoms with E-state index < -0.39 is 0 Å². The van der Waals surface area contributed by atoms with Crippen LogP contribution in [0.4, 0.5) is 11.4 Å². The van der Waals surface area contributed by atoms with Gasteiger partial charge in [-0.05, 0) is 89.2 Å². The fourth-order valence-corrected chi connectivity index (χ4v) is 9.02. The first-order valence-corrected chi connectivity index (χ1v) is 17.7. The Morgan fingerprint density at radius 1 is 0.812 bits per heavy atom. The molecule has 2 unspecified atom stereocenters. The normalized spacial score (nSPS) is 23.0. The third-order valence-corrected chi connectivity index (χ3v) is 11.6. The van der Waals surface area contributed by atoms with Gasteiger partial charge in [-0.15, -0.1) is 0 Å². The highest BCUT2D eigenvalue weighted by Crippen LogP contribution is 2.51. The van der Waals surface area contributed by atoms with Crippen LogP contribution in [-0.2, 0) is 20.3 Å². The Morgan fingerprint density at radius 3 is 2.19 bits per heavy atom. The number of nitrogens with one attached hydrogen (secondary N) is 1. The molecule has 48 heavy (non-hydrogen) atoms. The maximum atomic E-state index is 7.20. The van der Waals surface area contributed by atoms with Gasteiger partial charge in [0.15, 0.2) is 0 Å². The molecule has 7 rings (SSSR count). The maximum absolute atomic E-state index is 7.20. The van der Waals surface area contributed by atoms with Gasteiger partial charge in [-0.1, -0.05) is 92.2 Å². The van der Waals surface area contributed by atoms with Crippen molar-refractivity contribution in [3.63, 3.8) is 0 Å². The summed E-state index contributed by atoms with van der Waals surface area (Å²) in [5.41, 5.74) is 8.97. The van der Waals surface area contributed by atoms with Gasteiger partial charge in [0.1, 0.15) is 18.3 Å². The number of fused-ring (bicyclic) bond motifs is 6. The molecule has 0 spiro atoms. The number of halogens is 1. The number of allylic oxidation sites excluding steroid dienone is 7. The molecule has 0 bridgehead atoms. The number of methoxy groups -OCH3 is 2. The van der Waals surface area contributed by atoms with Crippen LogP contribution in [0.2, 0.25) is 0 Å². The highest BCUT2D eigenvalue weighted by molar-refractivity contribution is 6.33. The Kier molecular flexibility index (Phi) is 8.89. The molecule has 0 saturated carbocycles. The maximum Gasteiger partial charge on any atom is 0.136 e. The summed E-state index contributed by atoms with van der Waals surface area (Å²) in [5.74, 6) is 0. The number of anilines is 1. The second kappa shape index (κ2) is 13.0. The lowest BCUT2D eigenvalue weighted by atomic mass is 9.78. The molecule has 0 amide bonds. The SMILES string of the molecule is COCCN1/C(=C/C=C2\CCC(/C=C/C3[NH+](CCOC)c4ccc5ccccc5c4C3(C)C)=C2Cl)C(C)(C)c2c1ccc1ccccc21. The number of hydrogen-bond acceptors (Lipinski definition) is 3. The largest absolute Gasteiger partial charge is 0.383 e. The summed E-state index contributed by atoms with van der Waals surface area (Å²) in [4.78, 5) is 3.90. The van der Waals surface area contributed by atoms with E-state index in [0.29, 0.717) is 13.2 Å². The summed E-state index contributed by atoms with van der Waals surface area (Å²) in [6.45, 7) is 12.6. The molecule has 2 aliphatic heterocycles. The average Bonchev–Trinajstić information content (AvgIpc) is 3.63. The number of nitrogens with zero attached hydrogens (tertiary/aromatic N) is 1. The second-order valence-corrected chi connectivity index (χ2v) is 14.9. The summed E-state index contributed by atoms with van der Waals surface area (Å²) in [6, 6.07) is 26.9. The van der Waals surface area contributed by atoms with Gasteiger partial charge in [-0.2, -0.15) is 0 Å². The van der Waals surface area contributed by atoms with E-state index >= 15 is 0 Å². The predicted octanol–water partition coefficient (Wildman–Crippen LogP) is 8.91. The smallest absolute Gasteiger partial charge is 0.136 e. The van der Waals surface area contributed by atoms with Crippen molar-refractivity contribution >= 4 is 44.5 Å². The van der Waals surface area contributed by atoms with Gasteiger partial charge >= 0.3 is 0 Å². The summed E-state index contributed by atoms with van der Waals surface area (Å²) in [6.07, 6.45) is 11.2. The average molecular weight is 660 g/mol. The molecule has 0 saturated heterocycles. The van der Waals surface area contributed by atoms with Crippen molar-refractivity contribution in [1.29, 1.82) is 0 Å². The predicted molar refractivity (Wildman–Crippen MR) is 202 cm³/mol. The number of quaternary nitrogens is 1. The molecule has 0 fully saturated rings. The van der Waals surface area contributed by atoms with Gasteiger partial charge in [0.25, 0.3) is 0 Å². The Hall–Kier alpha value is -3.67. The Bertz CT molecular complexity index is 2000. The van der Waals surface area contributed by atoms with E-state index in [0.717, 1.165) is 31.0 Å². The minimum absolute atomic E-state index is 0.0522. The van der Waals surface area contributed by atoms with Crippen molar-refractivity contribution in [3.8, 4) is 0 Å². The van der Waals surface area contributed by atoms with Crippen LogP contribution in [0.5, 0.6) is 0 Å². The fraction of sp³-hybridized carbons (Fsp3) is 0.349. The number of ether oxygens (including phenoxy) is 2.